The molecule has 2 aromatic carbocycles. The smallest absolute Gasteiger partial charge is 0.260 e. The van der Waals surface area contributed by atoms with Crippen molar-refractivity contribution in [2.75, 3.05) is 6.54 Å². The summed E-state index contributed by atoms with van der Waals surface area (Å²) in [5.74, 6) is -0.0646. The molecule has 0 saturated heterocycles. The van der Waals surface area contributed by atoms with E-state index in [1.54, 1.807) is 6.92 Å². The van der Waals surface area contributed by atoms with Crippen LogP contribution < -0.4 is 10.1 Å². The molecule has 0 radical (unpaired) electrons. The molecule has 1 aromatic heterocycles. The second-order valence-corrected chi connectivity index (χ2v) is 5.79. The molecule has 0 fully saturated rings. The van der Waals surface area contributed by atoms with Gasteiger partial charge in [0.1, 0.15) is 11.6 Å². The van der Waals surface area contributed by atoms with E-state index in [2.05, 4.69) is 14.9 Å². The van der Waals surface area contributed by atoms with E-state index in [0.29, 0.717) is 12.3 Å². The Morgan fingerprint density at radius 1 is 1.24 bits per heavy atom. The van der Waals surface area contributed by atoms with Gasteiger partial charge in [-0.1, -0.05) is 12.1 Å². The van der Waals surface area contributed by atoms with Crippen LogP contribution in [0.15, 0.2) is 54.9 Å². The first-order valence-corrected chi connectivity index (χ1v) is 8.23. The number of carbonyl (C=O) groups is 1. The van der Waals surface area contributed by atoms with Crippen molar-refractivity contribution >= 4 is 16.9 Å². The van der Waals surface area contributed by atoms with Crippen LogP contribution in [0.25, 0.3) is 11.0 Å². The van der Waals surface area contributed by atoms with Crippen LogP contribution >= 0.6 is 0 Å². The number of rotatable bonds is 7. The predicted molar refractivity (Wildman–Crippen MR) is 93.8 cm³/mol. The maximum atomic E-state index is 12.9. The largest absolute Gasteiger partial charge is 0.481 e. The summed E-state index contributed by atoms with van der Waals surface area (Å²) in [5.41, 5.74) is 2.05. The van der Waals surface area contributed by atoms with Gasteiger partial charge in [-0.2, -0.15) is 0 Å². The molecule has 0 aliphatic carbocycles. The second-order valence-electron chi connectivity index (χ2n) is 5.79. The fourth-order valence-electron chi connectivity index (χ4n) is 2.56. The number of halogens is 1. The average molecular weight is 341 g/mol. The van der Waals surface area contributed by atoms with E-state index >= 15 is 0 Å². The third-order valence-corrected chi connectivity index (χ3v) is 3.90. The molecular weight excluding hydrogens is 321 g/mol. The molecule has 3 aromatic rings. The van der Waals surface area contributed by atoms with Gasteiger partial charge in [-0.25, -0.2) is 9.37 Å². The molecule has 5 nitrogen and oxygen atoms in total. The van der Waals surface area contributed by atoms with Gasteiger partial charge in [0.25, 0.3) is 5.91 Å². The first-order valence-electron chi connectivity index (χ1n) is 8.23. The Hall–Kier alpha value is -2.89. The SMILES string of the molecule is CC(Oc1ccc(F)cc1)C(=O)NCCCn1cnc2ccccc21. The van der Waals surface area contributed by atoms with Gasteiger partial charge in [-0.3, -0.25) is 4.79 Å². The van der Waals surface area contributed by atoms with Crippen molar-refractivity contribution in [3.05, 3.63) is 60.7 Å². The normalized spacial score (nSPS) is 12.1. The lowest BCUT2D eigenvalue weighted by atomic mass is 10.3. The highest BCUT2D eigenvalue weighted by Crippen LogP contribution is 2.13. The number of amides is 1. The zero-order chi connectivity index (χ0) is 17.6. The van der Waals surface area contributed by atoms with Crippen molar-refractivity contribution in [1.29, 1.82) is 0 Å². The number of ether oxygens (including phenoxy) is 1. The number of benzene rings is 2. The summed E-state index contributed by atoms with van der Waals surface area (Å²) in [4.78, 5) is 16.4. The Bertz CT molecular complexity index is 845. The van der Waals surface area contributed by atoms with E-state index in [1.807, 2.05) is 30.6 Å². The molecule has 1 heterocycles. The number of aromatic nitrogens is 2. The van der Waals surface area contributed by atoms with Crippen molar-refractivity contribution in [3.8, 4) is 5.75 Å². The molecule has 0 aliphatic heterocycles. The van der Waals surface area contributed by atoms with E-state index in [-0.39, 0.29) is 11.7 Å². The summed E-state index contributed by atoms with van der Waals surface area (Å²) in [6, 6.07) is 13.6. The van der Waals surface area contributed by atoms with Crippen LogP contribution in [0, 0.1) is 5.82 Å². The van der Waals surface area contributed by atoms with Crippen LogP contribution in [0.5, 0.6) is 5.75 Å². The number of aryl methyl sites for hydroxylation is 1. The Kier molecular flexibility index (Phi) is 5.28. The van der Waals surface area contributed by atoms with Crippen LogP contribution in [0.3, 0.4) is 0 Å². The summed E-state index contributed by atoms with van der Waals surface area (Å²) < 4.78 is 20.4. The molecule has 130 valence electrons. The number of hydrogen-bond acceptors (Lipinski definition) is 3. The highest BCUT2D eigenvalue weighted by atomic mass is 19.1. The lowest BCUT2D eigenvalue weighted by Gasteiger charge is -2.14. The van der Waals surface area contributed by atoms with Gasteiger partial charge in [0.2, 0.25) is 0 Å². The number of fused-ring (bicyclic) bond motifs is 1. The van der Waals surface area contributed by atoms with Crippen molar-refractivity contribution in [3.63, 3.8) is 0 Å². The van der Waals surface area contributed by atoms with Gasteiger partial charge < -0.3 is 14.6 Å². The molecule has 1 amide bonds. The zero-order valence-corrected chi connectivity index (χ0v) is 14.0. The van der Waals surface area contributed by atoms with Gasteiger partial charge in [0.05, 0.1) is 17.4 Å². The quantitative estimate of drug-likeness (QED) is 0.672. The minimum absolute atomic E-state index is 0.195. The molecule has 0 bridgehead atoms. The van der Waals surface area contributed by atoms with Crippen LogP contribution in [0.2, 0.25) is 0 Å². The highest BCUT2D eigenvalue weighted by Gasteiger charge is 2.14. The molecule has 25 heavy (non-hydrogen) atoms. The van der Waals surface area contributed by atoms with Crippen molar-refractivity contribution in [2.24, 2.45) is 0 Å². The van der Waals surface area contributed by atoms with Gasteiger partial charge in [0.15, 0.2) is 6.10 Å². The maximum absolute atomic E-state index is 12.9. The summed E-state index contributed by atoms with van der Waals surface area (Å²) in [6.07, 6.45) is 1.96. The number of para-hydroxylation sites is 2. The molecular formula is C19H20FN3O2. The molecule has 1 N–H and O–H groups in total. The number of nitrogens with zero attached hydrogens (tertiary/aromatic N) is 2. The number of hydrogen-bond donors (Lipinski definition) is 1. The van der Waals surface area contributed by atoms with Crippen molar-refractivity contribution in [2.45, 2.75) is 26.0 Å². The molecule has 6 heteroatoms. The van der Waals surface area contributed by atoms with Gasteiger partial charge in [-0.15, -0.1) is 0 Å². The standard InChI is InChI=1S/C19H20FN3O2/c1-14(25-16-9-7-15(20)8-10-16)19(24)21-11-4-12-23-13-22-17-5-2-3-6-18(17)23/h2-3,5-10,13-14H,4,11-12H2,1H3,(H,21,24). The first-order chi connectivity index (χ1) is 12.1. The third-order valence-electron chi connectivity index (χ3n) is 3.90. The minimum atomic E-state index is -0.639. The molecule has 0 spiro atoms. The van der Waals surface area contributed by atoms with Crippen molar-refractivity contribution in [1.82, 2.24) is 14.9 Å². The van der Waals surface area contributed by atoms with Crippen LogP contribution in [-0.2, 0) is 11.3 Å². The fourth-order valence-corrected chi connectivity index (χ4v) is 2.56. The summed E-state index contributed by atoms with van der Waals surface area (Å²) in [5, 5.41) is 2.85. The van der Waals surface area contributed by atoms with Crippen LogP contribution in [-0.4, -0.2) is 28.1 Å². The van der Waals surface area contributed by atoms with E-state index in [4.69, 9.17) is 4.74 Å². The van der Waals surface area contributed by atoms with E-state index in [0.717, 1.165) is 24.0 Å². The lowest BCUT2D eigenvalue weighted by Crippen LogP contribution is -2.37. The minimum Gasteiger partial charge on any atom is -0.481 e. The average Bonchev–Trinajstić information content (AvgIpc) is 3.03. The number of nitrogens with one attached hydrogen (secondary N) is 1. The Morgan fingerprint density at radius 2 is 2.00 bits per heavy atom. The maximum Gasteiger partial charge on any atom is 0.260 e. The molecule has 1 atom stereocenters. The molecule has 1 unspecified atom stereocenters. The molecule has 0 aliphatic rings. The second kappa shape index (κ2) is 7.79. The molecule has 3 rings (SSSR count). The number of imidazole rings is 1. The predicted octanol–water partition coefficient (Wildman–Crippen LogP) is 3.15. The Balaban J connectivity index is 1.43. The van der Waals surface area contributed by atoms with E-state index in [9.17, 15) is 9.18 Å². The third kappa shape index (κ3) is 4.35. The summed E-state index contributed by atoms with van der Waals surface area (Å²) in [7, 11) is 0. The van der Waals surface area contributed by atoms with Crippen molar-refractivity contribution < 1.29 is 13.9 Å². The van der Waals surface area contributed by atoms with E-state index in [1.165, 1.54) is 24.3 Å². The van der Waals surface area contributed by atoms with Gasteiger partial charge >= 0.3 is 0 Å². The molecule has 0 saturated carbocycles. The zero-order valence-electron chi connectivity index (χ0n) is 14.0. The Morgan fingerprint density at radius 3 is 2.80 bits per heavy atom. The monoisotopic (exact) mass is 341 g/mol. The number of carbonyl (C=O) groups excluding carboxylic acids is 1. The Labute approximate surface area is 145 Å². The first kappa shape index (κ1) is 17.0. The lowest BCUT2D eigenvalue weighted by molar-refractivity contribution is -0.127. The van der Waals surface area contributed by atoms with Gasteiger partial charge in [-0.05, 0) is 49.7 Å². The van der Waals surface area contributed by atoms with E-state index < -0.39 is 6.10 Å². The van der Waals surface area contributed by atoms with Crippen LogP contribution in [0.4, 0.5) is 4.39 Å². The summed E-state index contributed by atoms with van der Waals surface area (Å²) in [6.45, 7) is 2.98. The topological polar surface area (TPSA) is 56.1 Å². The van der Waals surface area contributed by atoms with Crippen LogP contribution in [0.1, 0.15) is 13.3 Å². The fraction of sp³-hybridized carbons (Fsp3) is 0.263. The highest BCUT2D eigenvalue weighted by molar-refractivity contribution is 5.80. The van der Waals surface area contributed by atoms with Gasteiger partial charge in [0, 0.05) is 13.1 Å². The summed E-state index contributed by atoms with van der Waals surface area (Å²) >= 11 is 0.